The van der Waals surface area contributed by atoms with Crippen LogP contribution in [0.5, 0.6) is 0 Å². The highest BCUT2D eigenvalue weighted by Gasteiger charge is 2.38. The zero-order valence-corrected chi connectivity index (χ0v) is 16.9. The van der Waals surface area contributed by atoms with Gasteiger partial charge < -0.3 is 30.9 Å². The number of carbonyl (C=O) groups is 4. The molecule has 164 valence electrons. The second kappa shape index (κ2) is 9.70. The van der Waals surface area contributed by atoms with E-state index in [2.05, 4.69) is 25.9 Å². The fourth-order valence-corrected chi connectivity index (χ4v) is 3.89. The zero-order valence-electron chi connectivity index (χ0n) is 16.9. The van der Waals surface area contributed by atoms with Crippen molar-refractivity contribution >= 4 is 23.7 Å². The Labute approximate surface area is 174 Å². The van der Waals surface area contributed by atoms with Crippen LogP contribution in [0, 0.1) is 0 Å². The van der Waals surface area contributed by atoms with E-state index >= 15 is 0 Å². The number of aromatic nitrogens is 2. The lowest BCUT2D eigenvalue weighted by Gasteiger charge is -2.28. The number of hydrogen-bond donors (Lipinski definition) is 5. The van der Waals surface area contributed by atoms with Crippen LogP contribution in [0.1, 0.15) is 38.3 Å². The van der Waals surface area contributed by atoms with Crippen LogP contribution in [0.3, 0.4) is 0 Å². The van der Waals surface area contributed by atoms with Crippen molar-refractivity contribution in [1.82, 2.24) is 30.8 Å². The third kappa shape index (κ3) is 5.15. The quantitative estimate of drug-likeness (QED) is 0.352. The van der Waals surface area contributed by atoms with E-state index in [1.807, 2.05) is 0 Å². The van der Waals surface area contributed by atoms with E-state index in [0.29, 0.717) is 31.5 Å². The molecule has 2 aliphatic heterocycles. The summed E-state index contributed by atoms with van der Waals surface area (Å²) in [6, 6.07) is -3.03. The molecular weight excluding hydrogens is 392 g/mol. The van der Waals surface area contributed by atoms with E-state index in [-0.39, 0.29) is 18.4 Å². The maximum Gasteiger partial charge on any atom is 0.326 e. The first-order valence-corrected chi connectivity index (χ1v) is 10.2. The minimum atomic E-state index is -1.06. The van der Waals surface area contributed by atoms with E-state index in [1.165, 1.54) is 11.2 Å². The van der Waals surface area contributed by atoms with Gasteiger partial charge in [0.05, 0.1) is 12.4 Å². The van der Waals surface area contributed by atoms with Crippen LogP contribution >= 0.6 is 0 Å². The van der Waals surface area contributed by atoms with Crippen LogP contribution in [0.15, 0.2) is 12.5 Å². The molecule has 0 bridgehead atoms. The van der Waals surface area contributed by atoms with Gasteiger partial charge in [-0.2, -0.15) is 0 Å². The molecule has 2 fully saturated rings. The second-order valence-corrected chi connectivity index (χ2v) is 7.75. The first-order chi connectivity index (χ1) is 14.4. The Bertz CT molecular complexity index is 776. The highest BCUT2D eigenvalue weighted by molar-refractivity contribution is 5.94. The Hall–Kier alpha value is -2.95. The molecule has 0 saturated carbocycles. The molecule has 2 aliphatic rings. The van der Waals surface area contributed by atoms with E-state index in [9.17, 15) is 24.3 Å². The molecule has 30 heavy (non-hydrogen) atoms. The SMILES string of the molecule is CC(NC(=O)C1CCCN1)C(=O)NC(Cc1cnc[nH]1)C(=O)N1CCCC1C(=O)O. The van der Waals surface area contributed by atoms with Gasteiger partial charge in [-0.3, -0.25) is 14.4 Å². The van der Waals surface area contributed by atoms with Crippen molar-refractivity contribution in [3.05, 3.63) is 18.2 Å². The van der Waals surface area contributed by atoms with Gasteiger partial charge in [-0.1, -0.05) is 0 Å². The molecule has 3 amide bonds. The van der Waals surface area contributed by atoms with Crippen LogP contribution in [0.4, 0.5) is 0 Å². The fourth-order valence-electron chi connectivity index (χ4n) is 3.89. The van der Waals surface area contributed by atoms with Gasteiger partial charge in [-0.05, 0) is 39.2 Å². The lowest BCUT2D eigenvalue weighted by molar-refractivity contribution is -0.149. The number of nitrogens with one attached hydrogen (secondary N) is 4. The van der Waals surface area contributed by atoms with Crippen LogP contribution in [-0.4, -0.2) is 80.9 Å². The van der Waals surface area contributed by atoms with Crippen molar-refractivity contribution < 1.29 is 24.3 Å². The average Bonchev–Trinajstić information content (AvgIpc) is 3.48. The number of nitrogens with zero attached hydrogens (tertiary/aromatic N) is 2. The minimum Gasteiger partial charge on any atom is -0.480 e. The summed E-state index contributed by atoms with van der Waals surface area (Å²) in [5.74, 6) is -2.28. The van der Waals surface area contributed by atoms with Gasteiger partial charge in [-0.25, -0.2) is 9.78 Å². The molecule has 4 atom stereocenters. The van der Waals surface area contributed by atoms with Crippen LogP contribution < -0.4 is 16.0 Å². The summed E-state index contributed by atoms with van der Waals surface area (Å²) < 4.78 is 0. The Morgan fingerprint density at radius 1 is 1.27 bits per heavy atom. The standard InChI is InChI=1S/C19H28N6O5/c1-11(23-17(27)13-4-2-6-21-13)16(26)24-14(8-12-9-20-10-22-12)18(28)25-7-3-5-15(25)19(29)30/h9-11,13-15,21H,2-8H2,1H3,(H,20,22)(H,23,27)(H,24,26)(H,29,30). The Morgan fingerprint density at radius 2 is 2.07 bits per heavy atom. The van der Waals surface area contributed by atoms with Gasteiger partial charge in [-0.15, -0.1) is 0 Å². The number of H-pyrrole nitrogens is 1. The van der Waals surface area contributed by atoms with Gasteiger partial charge in [0, 0.05) is 24.9 Å². The molecule has 1 aromatic heterocycles. The van der Waals surface area contributed by atoms with Crippen molar-refractivity contribution in [2.45, 2.75) is 63.2 Å². The maximum absolute atomic E-state index is 13.1. The van der Waals surface area contributed by atoms with E-state index in [1.54, 1.807) is 13.1 Å². The number of carboxylic acid groups (broad SMARTS) is 1. The first kappa shape index (κ1) is 21.8. The third-order valence-corrected chi connectivity index (χ3v) is 5.54. The Kier molecular flexibility index (Phi) is 7.03. The topological polar surface area (TPSA) is 157 Å². The second-order valence-electron chi connectivity index (χ2n) is 7.75. The van der Waals surface area contributed by atoms with Gasteiger partial charge in [0.25, 0.3) is 0 Å². The summed E-state index contributed by atoms with van der Waals surface area (Å²) in [6.45, 7) is 2.64. The first-order valence-electron chi connectivity index (χ1n) is 10.2. The fraction of sp³-hybridized carbons (Fsp3) is 0.632. The number of amides is 3. The smallest absolute Gasteiger partial charge is 0.326 e. The van der Waals surface area contributed by atoms with Crippen LogP contribution in [0.25, 0.3) is 0 Å². The average molecular weight is 420 g/mol. The van der Waals surface area contributed by atoms with Gasteiger partial charge in [0.1, 0.15) is 18.1 Å². The number of carbonyl (C=O) groups excluding carboxylic acids is 3. The zero-order chi connectivity index (χ0) is 21.7. The lowest BCUT2D eigenvalue weighted by Crippen LogP contribution is -2.57. The third-order valence-electron chi connectivity index (χ3n) is 5.54. The predicted molar refractivity (Wildman–Crippen MR) is 105 cm³/mol. The Morgan fingerprint density at radius 3 is 2.70 bits per heavy atom. The molecule has 11 heteroatoms. The van der Waals surface area contributed by atoms with Crippen LogP contribution in [-0.2, 0) is 25.6 Å². The van der Waals surface area contributed by atoms with Gasteiger partial charge in [0.15, 0.2) is 0 Å². The summed E-state index contributed by atoms with van der Waals surface area (Å²) in [5.41, 5.74) is 0.631. The number of carboxylic acids is 1. The number of rotatable bonds is 8. The minimum absolute atomic E-state index is 0.137. The van der Waals surface area contributed by atoms with Crippen molar-refractivity contribution in [1.29, 1.82) is 0 Å². The molecule has 4 unspecified atom stereocenters. The number of likely N-dealkylation sites (tertiary alicyclic amines) is 1. The molecular formula is C19H28N6O5. The molecule has 11 nitrogen and oxygen atoms in total. The Balaban J connectivity index is 1.67. The van der Waals surface area contributed by atoms with E-state index < -0.39 is 35.9 Å². The highest BCUT2D eigenvalue weighted by Crippen LogP contribution is 2.19. The number of imidazole rings is 1. The summed E-state index contributed by atoms with van der Waals surface area (Å²) in [5, 5.41) is 17.8. The van der Waals surface area contributed by atoms with E-state index in [0.717, 1.165) is 13.0 Å². The van der Waals surface area contributed by atoms with Crippen molar-refractivity contribution in [2.75, 3.05) is 13.1 Å². The number of aliphatic carboxylic acids is 1. The highest BCUT2D eigenvalue weighted by atomic mass is 16.4. The molecule has 3 rings (SSSR count). The van der Waals surface area contributed by atoms with Gasteiger partial charge in [0.2, 0.25) is 17.7 Å². The molecule has 3 heterocycles. The summed E-state index contributed by atoms with van der Waals surface area (Å²) in [7, 11) is 0. The molecule has 0 aromatic carbocycles. The van der Waals surface area contributed by atoms with Crippen molar-refractivity contribution in [3.8, 4) is 0 Å². The molecule has 5 N–H and O–H groups in total. The van der Waals surface area contributed by atoms with Gasteiger partial charge >= 0.3 is 5.97 Å². The molecule has 0 spiro atoms. The monoisotopic (exact) mass is 420 g/mol. The number of hydrogen-bond acceptors (Lipinski definition) is 6. The summed E-state index contributed by atoms with van der Waals surface area (Å²) in [6.07, 6.45) is 5.74. The van der Waals surface area contributed by atoms with Crippen LogP contribution in [0.2, 0.25) is 0 Å². The lowest BCUT2D eigenvalue weighted by atomic mass is 10.1. The molecule has 2 saturated heterocycles. The molecule has 1 aromatic rings. The molecule has 0 radical (unpaired) electrons. The summed E-state index contributed by atoms with van der Waals surface area (Å²) in [4.78, 5) is 57.7. The normalized spacial score (nSPS) is 23.0. The summed E-state index contributed by atoms with van der Waals surface area (Å²) >= 11 is 0. The van der Waals surface area contributed by atoms with Crippen molar-refractivity contribution in [3.63, 3.8) is 0 Å². The van der Waals surface area contributed by atoms with E-state index in [4.69, 9.17) is 0 Å². The molecule has 0 aliphatic carbocycles. The maximum atomic E-state index is 13.1. The van der Waals surface area contributed by atoms with Crippen molar-refractivity contribution in [2.24, 2.45) is 0 Å². The predicted octanol–water partition coefficient (Wildman–Crippen LogP) is -1.23. The largest absolute Gasteiger partial charge is 0.480 e. The number of aromatic amines is 1.